The number of hydrogen-bond acceptors (Lipinski definition) is 2. The molecule has 1 heterocycles. The van der Waals surface area contributed by atoms with Gasteiger partial charge >= 0.3 is 0 Å². The van der Waals surface area contributed by atoms with E-state index in [1.165, 1.54) is 11.3 Å². The highest BCUT2D eigenvalue weighted by molar-refractivity contribution is 5.15. The fourth-order valence-electron chi connectivity index (χ4n) is 1.07. The summed E-state index contributed by atoms with van der Waals surface area (Å²) in [5.41, 5.74) is 2.44. The van der Waals surface area contributed by atoms with Gasteiger partial charge in [0.25, 0.3) is 0 Å². The first kappa shape index (κ1) is 9.82. The van der Waals surface area contributed by atoms with Crippen molar-refractivity contribution in [2.75, 3.05) is 6.54 Å². The molecule has 0 spiro atoms. The summed E-state index contributed by atoms with van der Waals surface area (Å²) in [5, 5.41) is 7.39. The van der Waals surface area contributed by atoms with E-state index in [0.29, 0.717) is 0 Å². The van der Waals surface area contributed by atoms with Crippen LogP contribution in [0.25, 0.3) is 0 Å². The van der Waals surface area contributed by atoms with Crippen molar-refractivity contribution in [1.82, 2.24) is 15.1 Å². The molecule has 0 aliphatic carbocycles. The van der Waals surface area contributed by atoms with Crippen molar-refractivity contribution in [3.05, 3.63) is 17.5 Å². The lowest BCUT2D eigenvalue weighted by molar-refractivity contribution is 0.727. The first-order chi connectivity index (χ1) is 6.25. The highest BCUT2D eigenvalue weighted by Gasteiger charge is 2.01. The number of aryl methyl sites for hydroxylation is 1. The summed E-state index contributed by atoms with van der Waals surface area (Å²) in [7, 11) is 1.95. The number of aromatic nitrogens is 2. The number of nitrogens with one attached hydrogen (secondary N) is 1. The Bertz CT molecular complexity index is 328. The van der Waals surface area contributed by atoms with Crippen LogP contribution < -0.4 is 5.32 Å². The number of nitrogens with zero attached hydrogens (tertiary/aromatic N) is 2. The summed E-state index contributed by atoms with van der Waals surface area (Å²) < 4.78 is 1.88. The van der Waals surface area contributed by atoms with Gasteiger partial charge in [-0.15, -0.1) is 5.92 Å². The Kier molecular flexibility index (Phi) is 3.53. The lowest BCUT2D eigenvalue weighted by Gasteiger charge is -1.99. The van der Waals surface area contributed by atoms with Gasteiger partial charge in [0.05, 0.1) is 12.7 Å². The average Bonchev–Trinajstić information content (AvgIpc) is 2.43. The molecule has 0 unspecified atom stereocenters. The predicted molar refractivity (Wildman–Crippen MR) is 53.1 cm³/mol. The van der Waals surface area contributed by atoms with Crippen LogP contribution in [-0.4, -0.2) is 16.3 Å². The molecule has 0 saturated heterocycles. The summed E-state index contributed by atoms with van der Waals surface area (Å²) >= 11 is 0. The lowest BCUT2D eigenvalue weighted by Crippen LogP contribution is -2.13. The van der Waals surface area contributed by atoms with Crippen LogP contribution >= 0.6 is 0 Å². The Labute approximate surface area is 79.1 Å². The van der Waals surface area contributed by atoms with Crippen LogP contribution in [0.2, 0.25) is 0 Å². The van der Waals surface area contributed by atoms with Crippen molar-refractivity contribution < 1.29 is 0 Å². The van der Waals surface area contributed by atoms with Gasteiger partial charge in [0.15, 0.2) is 0 Å². The maximum atomic E-state index is 4.16. The van der Waals surface area contributed by atoms with E-state index >= 15 is 0 Å². The highest BCUT2D eigenvalue weighted by atomic mass is 15.3. The SMILES string of the molecule is CC#CCNCc1cnn(C)c1C. The third kappa shape index (κ3) is 2.60. The Hall–Kier alpha value is -1.27. The summed E-state index contributed by atoms with van der Waals surface area (Å²) in [6.07, 6.45) is 1.89. The Balaban J connectivity index is 2.44. The maximum absolute atomic E-state index is 4.16. The van der Waals surface area contributed by atoms with Crippen molar-refractivity contribution in [2.45, 2.75) is 20.4 Å². The van der Waals surface area contributed by atoms with Gasteiger partial charge in [-0.2, -0.15) is 5.10 Å². The quantitative estimate of drug-likeness (QED) is 0.547. The van der Waals surface area contributed by atoms with Gasteiger partial charge < -0.3 is 5.32 Å². The van der Waals surface area contributed by atoms with Crippen LogP contribution in [0.5, 0.6) is 0 Å². The zero-order valence-corrected chi connectivity index (χ0v) is 8.39. The topological polar surface area (TPSA) is 29.9 Å². The van der Waals surface area contributed by atoms with Gasteiger partial charge in [0.2, 0.25) is 0 Å². The molecule has 0 radical (unpaired) electrons. The van der Waals surface area contributed by atoms with E-state index in [1.54, 1.807) is 0 Å². The fraction of sp³-hybridized carbons (Fsp3) is 0.500. The normalized spacial score (nSPS) is 9.46. The Morgan fingerprint density at radius 2 is 2.38 bits per heavy atom. The molecule has 0 fully saturated rings. The van der Waals surface area contributed by atoms with Crippen molar-refractivity contribution in [1.29, 1.82) is 0 Å². The predicted octanol–water partition coefficient (Wildman–Crippen LogP) is 0.841. The van der Waals surface area contributed by atoms with Crippen molar-refractivity contribution in [3.8, 4) is 11.8 Å². The minimum atomic E-state index is 0.741. The fourth-order valence-corrected chi connectivity index (χ4v) is 1.07. The molecule has 1 rings (SSSR count). The Morgan fingerprint density at radius 1 is 1.62 bits per heavy atom. The van der Waals surface area contributed by atoms with Crippen molar-refractivity contribution in [2.24, 2.45) is 7.05 Å². The van der Waals surface area contributed by atoms with Crippen LogP contribution in [0.4, 0.5) is 0 Å². The maximum Gasteiger partial charge on any atom is 0.0579 e. The van der Waals surface area contributed by atoms with E-state index < -0.39 is 0 Å². The first-order valence-electron chi connectivity index (χ1n) is 4.33. The summed E-state index contributed by atoms with van der Waals surface area (Å²) in [4.78, 5) is 0. The third-order valence-corrected chi connectivity index (χ3v) is 2.04. The molecule has 0 saturated carbocycles. The second kappa shape index (κ2) is 4.68. The van der Waals surface area contributed by atoms with E-state index in [0.717, 1.165) is 13.1 Å². The third-order valence-electron chi connectivity index (χ3n) is 2.04. The van der Waals surface area contributed by atoms with E-state index in [-0.39, 0.29) is 0 Å². The number of hydrogen-bond donors (Lipinski definition) is 1. The zero-order valence-electron chi connectivity index (χ0n) is 8.39. The molecule has 70 valence electrons. The molecular formula is C10H15N3. The number of rotatable bonds is 3. The minimum absolute atomic E-state index is 0.741. The van der Waals surface area contributed by atoms with Crippen LogP contribution in [0.1, 0.15) is 18.2 Å². The molecular weight excluding hydrogens is 162 g/mol. The van der Waals surface area contributed by atoms with Gasteiger partial charge in [-0.05, 0) is 13.8 Å². The zero-order chi connectivity index (χ0) is 9.68. The van der Waals surface area contributed by atoms with Crippen molar-refractivity contribution >= 4 is 0 Å². The monoisotopic (exact) mass is 177 g/mol. The molecule has 1 aromatic rings. The second-order valence-electron chi connectivity index (χ2n) is 2.91. The molecule has 1 N–H and O–H groups in total. The summed E-state index contributed by atoms with van der Waals surface area (Å²) in [6, 6.07) is 0. The molecule has 13 heavy (non-hydrogen) atoms. The van der Waals surface area contributed by atoms with Gasteiger partial charge in [0.1, 0.15) is 0 Å². The summed E-state index contributed by atoms with van der Waals surface area (Å²) in [5.74, 6) is 5.80. The van der Waals surface area contributed by atoms with Gasteiger partial charge in [0, 0.05) is 24.8 Å². The Morgan fingerprint density at radius 3 is 2.92 bits per heavy atom. The minimum Gasteiger partial charge on any atom is -0.302 e. The van der Waals surface area contributed by atoms with Crippen LogP contribution in [-0.2, 0) is 13.6 Å². The van der Waals surface area contributed by atoms with E-state index in [4.69, 9.17) is 0 Å². The molecule has 0 amide bonds. The first-order valence-corrected chi connectivity index (χ1v) is 4.33. The van der Waals surface area contributed by atoms with E-state index in [1.807, 2.05) is 24.9 Å². The van der Waals surface area contributed by atoms with E-state index in [2.05, 4.69) is 29.2 Å². The molecule has 0 aromatic carbocycles. The lowest BCUT2D eigenvalue weighted by atomic mass is 10.2. The van der Waals surface area contributed by atoms with Crippen LogP contribution in [0.3, 0.4) is 0 Å². The van der Waals surface area contributed by atoms with Crippen molar-refractivity contribution in [3.63, 3.8) is 0 Å². The van der Waals surface area contributed by atoms with Crippen LogP contribution in [0.15, 0.2) is 6.20 Å². The highest BCUT2D eigenvalue weighted by Crippen LogP contribution is 2.03. The molecule has 3 heteroatoms. The standard InChI is InChI=1S/C10H15N3/c1-4-5-6-11-7-10-8-12-13(3)9(10)2/h8,11H,6-7H2,1-3H3. The van der Waals surface area contributed by atoms with Gasteiger partial charge in [-0.1, -0.05) is 5.92 Å². The molecule has 1 aromatic heterocycles. The average molecular weight is 177 g/mol. The van der Waals surface area contributed by atoms with Crippen LogP contribution in [0, 0.1) is 18.8 Å². The molecule has 0 aliphatic rings. The van der Waals surface area contributed by atoms with Gasteiger partial charge in [-0.25, -0.2) is 0 Å². The molecule has 0 bridgehead atoms. The summed E-state index contributed by atoms with van der Waals surface area (Å²) in [6.45, 7) is 5.49. The van der Waals surface area contributed by atoms with Gasteiger partial charge in [-0.3, -0.25) is 4.68 Å². The largest absolute Gasteiger partial charge is 0.302 e. The molecule has 3 nitrogen and oxygen atoms in total. The van der Waals surface area contributed by atoms with E-state index in [9.17, 15) is 0 Å². The molecule has 0 atom stereocenters. The smallest absolute Gasteiger partial charge is 0.0579 e. The second-order valence-corrected chi connectivity index (χ2v) is 2.91. The molecule has 0 aliphatic heterocycles.